The molecule has 0 heterocycles. The average molecular weight is 587 g/mol. The molecule has 0 aliphatic heterocycles. The summed E-state index contributed by atoms with van der Waals surface area (Å²) in [6.45, 7) is 4.19. The van der Waals surface area contributed by atoms with E-state index >= 15 is 0 Å². The Balaban J connectivity index is 0.000000254. The lowest BCUT2D eigenvalue weighted by Gasteiger charge is -2.18. The van der Waals surface area contributed by atoms with Gasteiger partial charge in [-0.25, -0.2) is 16.8 Å². The molecule has 0 radical (unpaired) electrons. The highest BCUT2D eigenvalue weighted by Crippen LogP contribution is 2.34. The lowest BCUT2D eigenvalue weighted by molar-refractivity contribution is -0.420. The van der Waals surface area contributed by atoms with E-state index in [1.54, 1.807) is 0 Å². The van der Waals surface area contributed by atoms with E-state index in [1.807, 2.05) is 36.4 Å². The van der Waals surface area contributed by atoms with Crippen LogP contribution in [0.3, 0.4) is 0 Å². The number of anilines is 2. The van der Waals surface area contributed by atoms with Gasteiger partial charge in [0, 0.05) is 33.6 Å². The van der Waals surface area contributed by atoms with E-state index in [2.05, 4.69) is 49.6 Å². The molecule has 12 heteroatoms. The first-order valence-corrected chi connectivity index (χ1v) is 14.9. The Bertz CT molecular complexity index is 1490. The van der Waals surface area contributed by atoms with Crippen LogP contribution in [0.4, 0.5) is 11.4 Å². The fourth-order valence-electron chi connectivity index (χ4n) is 3.50. The standard InChI is InChI=1S/C12H12N2O6S2.2C8H11N/c13-7-1-3-9(11(5-7)21(15,16)17)10-4-2-8(14)6-12(10)22(18,19)20;2*1-7(9)8-5-3-2-4-6-8/h1-6H,13-14H2,(H,15,16,17)(H,18,19,20);2*2-7H,9H2,1H3. The molecule has 4 aromatic carbocycles. The number of nitrogen functional groups attached to an aromatic ring is 2. The van der Waals surface area contributed by atoms with Gasteiger partial charge in [0.1, 0.15) is 32.3 Å². The van der Waals surface area contributed by atoms with E-state index in [4.69, 9.17) is 11.5 Å². The van der Waals surface area contributed by atoms with E-state index < -0.39 is 30.0 Å². The maximum atomic E-state index is 11.3. The van der Waals surface area contributed by atoms with Crippen LogP contribution in [0.1, 0.15) is 37.1 Å². The van der Waals surface area contributed by atoms with Crippen molar-refractivity contribution in [2.24, 2.45) is 0 Å². The average Bonchev–Trinajstić information content (AvgIpc) is 2.89. The van der Waals surface area contributed by atoms with Gasteiger partial charge in [0.15, 0.2) is 0 Å². The van der Waals surface area contributed by atoms with Crippen LogP contribution in [-0.2, 0) is 20.2 Å². The molecule has 0 aliphatic carbocycles. The Morgan fingerprint density at radius 3 is 1.10 bits per heavy atom. The molecule has 10 nitrogen and oxygen atoms in total. The van der Waals surface area contributed by atoms with Crippen molar-refractivity contribution in [2.45, 2.75) is 35.7 Å². The molecule has 0 spiro atoms. The van der Waals surface area contributed by atoms with Crippen molar-refractivity contribution in [3.8, 4) is 11.1 Å². The fraction of sp³-hybridized carbons (Fsp3) is 0.143. The number of benzene rings is 4. The molecule has 214 valence electrons. The van der Waals surface area contributed by atoms with E-state index in [-0.39, 0.29) is 22.5 Å². The molecule has 40 heavy (non-hydrogen) atoms. The molecule has 0 saturated heterocycles. The number of hydrogen-bond donors (Lipinski definition) is 4. The predicted octanol–water partition coefficient (Wildman–Crippen LogP) is 2.31. The molecular formula is C28H34N4O6S2. The first-order chi connectivity index (χ1) is 18.6. The van der Waals surface area contributed by atoms with Gasteiger partial charge in [0.2, 0.25) is 0 Å². The highest BCUT2D eigenvalue weighted by Gasteiger charge is 2.17. The van der Waals surface area contributed by atoms with Gasteiger partial charge >= 0.3 is 0 Å². The molecular weight excluding hydrogens is 552 g/mol. The zero-order valence-corrected chi connectivity index (χ0v) is 23.9. The summed E-state index contributed by atoms with van der Waals surface area (Å²) in [7, 11) is -9.87. The molecule has 4 aromatic rings. The van der Waals surface area contributed by atoms with Crippen LogP contribution in [0, 0.1) is 0 Å². The predicted molar refractivity (Wildman–Crippen MR) is 152 cm³/mol. The van der Waals surface area contributed by atoms with Gasteiger partial charge in [0.05, 0.1) is 9.79 Å². The van der Waals surface area contributed by atoms with Crippen LogP contribution in [-0.4, -0.2) is 25.9 Å². The first-order valence-electron chi connectivity index (χ1n) is 12.1. The van der Waals surface area contributed by atoms with Crippen molar-refractivity contribution in [1.29, 1.82) is 0 Å². The molecule has 10 N–H and O–H groups in total. The Morgan fingerprint density at radius 2 is 0.875 bits per heavy atom. The molecule has 4 rings (SSSR count). The van der Waals surface area contributed by atoms with Gasteiger partial charge in [-0.2, -0.15) is 0 Å². The SMILES string of the molecule is CC([NH3+])c1ccccc1.CC([NH3+])c1ccccc1.Nc1ccc(-c2ccc(N)cc2S(=O)(=O)[O-])c(S(=O)(=O)[O-])c1. The van der Waals surface area contributed by atoms with Crippen molar-refractivity contribution in [3.63, 3.8) is 0 Å². The van der Waals surface area contributed by atoms with Crippen molar-refractivity contribution in [3.05, 3.63) is 108 Å². The number of hydrogen-bond acceptors (Lipinski definition) is 8. The topological polar surface area (TPSA) is 222 Å². The van der Waals surface area contributed by atoms with E-state index in [9.17, 15) is 25.9 Å². The van der Waals surface area contributed by atoms with E-state index in [1.165, 1.54) is 23.3 Å². The summed E-state index contributed by atoms with van der Waals surface area (Å²) in [5.41, 5.74) is 20.8. The Labute approximate surface area is 235 Å². The molecule has 0 aromatic heterocycles. The Morgan fingerprint density at radius 1 is 0.575 bits per heavy atom. The zero-order valence-electron chi connectivity index (χ0n) is 22.2. The molecule has 0 bridgehead atoms. The second kappa shape index (κ2) is 14.0. The van der Waals surface area contributed by atoms with Crippen molar-refractivity contribution in [1.82, 2.24) is 0 Å². The number of quaternary nitrogens is 2. The minimum Gasteiger partial charge on any atom is -0.744 e. The second-order valence-corrected chi connectivity index (χ2v) is 11.7. The first kappa shape index (κ1) is 32.4. The summed E-state index contributed by atoms with van der Waals surface area (Å²) in [4.78, 5) is -1.44. The van der Waals surface area contributed by atoms with Crippen molar-refractivity contribution >= 4 is 31.6 Å². The maximum absolute atomic E-state index is 11.3. The van der Waals surface area contributed by atoms with Crippen LogP contribution < -0.4 is 22.9 Å². The maximum Gasteiger partial charge on any atom is 0.125 e. The van der Waals surface area contributed by atoms with Crippen LogP contribution in [0.5, 0.6) is 0 Å². The monoisotopic (exact) mass is 586 g/mol. The quantitative estimate of drug-likeness (QED) is 0.200. The highest BCUT2D eigenvalue weighted by atomic mass is 32.2. The summed E-state index contributed by atoms with van der Waals surface area (Å²) in [5, 5.41) is 0. The number of rotatable bonds is 5. The van der Waals surface area contributed by atoms with Crippen molar-refractivity contribution < 1.29 is 37.4 Å². The van der Waals surface area contributed by atoms with Gasteiger partial charge in [-0.05, 0) is 38.1 Å². The molecule has 0 amide bonds. The summed E-state index contributed by atoms with van der Waals surface area (Å²) < 4.78 is 68.1. The van der Waals surface area contributed by atoms with Crippen LogP contribution >= 0.6 is 0 Å². The van der Waals surface area contributed by atoms with Gasteiger partial charge < -0.3 is 32.0 Å². The molecule has 0 aliphatic rings. The Kier molecular flexibility index (Phi) is 11.4. The van der Waals surface area contributed by atoms with Crippen molar-refractivity contribution in [2.75, 3.05) is 11.5 Å². The summed E-state index contributed by atoms with van der Waals surface area (Å²) in [5.74, 6) is 0. The third-order valence-electron chi connectivity index (χ3n) is 5.58. The van der Waals surface area contributed by atoms with Crippen LogP contribution in [0.25, 0.3) is 11.1 Å². The lowest BCUT2D eigenvalue weighted by Crippen LogP contribution is -2.51. The zero-order chi connectivity index (χ0) is 30.1. The van der Waals surface area contributed by atoms with Gasteiger partial charge in [-0.15, -0.1) is 0 Å². The summed E-state index contributed by atoms with van der Waals surface area (Å²) >= 11 is 0. The third-order valence-corrected chi connectivity index (χ3v) is 7.33. The van der Waals surface area contributed by atoms with E-state index in [0.717, 1.165) is 24.3 Å². The van der Waals surface area contributed by atoms with Gasteiger partial charge in [-0.3, -0.25) is 0 Å². The van der Waals surface area contributed by atoms with Crippen LogP contribution in [0.15, 0.2) is 107 Å². The normalized spacial score (nSPS) is 12.7. The smallest absolute Gasteiger partial charge is 0.125 e. The summed E-state index contributed by atoms with van der Waals surface area (Å²) in [6, 6.07) is 28.1. The second-order valence-electron chi connectivity index (χ2n) is 9.04. The Hall–Kier alpha value is -3.78. The fourth-order valence-corrected chi connectivity index (χ4v) is 4.96. The minimum atomic E-state index is -4.93. The van der Waals surface area contributed by atoms with E-state index in [0.29, 0.717) is 12.1 Å². The van der Waals surface area contributed by atoms with Crippen LogP contribution in [0.2, 0.25) is 0 Å². The lowest BCUT2D eigenvalue weighted by atomic mass is 10.0. The largest absolute Gasteiger partial charge is 0.744 e. The molecule has 0 saturated carbocycles. The molecule has 2 unspecified atom stereocenters. The summed E-state index contributed by atoms with van der Waals surface area (Å²) in [6.07, 6.45) is 0. The molecule has 0 fully saturated rings. The minimum absolute atomic E-state index is 0.000139. The third kappa shape index (κ3) is 9.75. The highest BCUT2D eigenvalue weighted by molar-refractivity contribution is 7.86. The van der Waals surface area contributed by atoms with Gasteiger partial charge in [-0.1, -0.05) is 72.8 Å². The van der Waals surface area contributed by atoms with Gasteiger partial charge in [0.25, 0.3) is 0 Å². The number of nitrogens with two attached hydrogens (primary N) is 2. The molecule has 2 atom stereocenters.